The molecule has 0 aliphatic heterocycles. The van der Waals surface area contributed by atoms with E-state index in [-0.39, 0.29) is 23.1 Å². The molecule has 17 heavy (non-hydrogen) atoms. The van der Waals surface area contributed by atoms with E-state index in [1.54, 1.807) is 0 Å². The molecule has 1 rings (SSSR count). The van der Waals surface area contributed by atoms with Gasteiger partial charge in [-0.25, -0.2) is 16.8 Å². The summed E-state index contributed by atoms with van der Waals surface area (Å²) in [5.74, 6) is -2.49. The SMILES string of the molecule is O=S(=O)([O-])c1cc(O)c(O)c(S(=O)(=O)[O-])c1.[Cu+2]. The summed E-state index contributed by atoms with van der Waals surface area (Å²) in [5, 5.41) is 17.9. The van der Waals surface area contributed by atoms with Gasteiger partial charge in [0.05, 0.1) is 4.90 Å². The van der Waals surface area contributed by atoms with Gasteiger partial charge in [0, 0.05) is 6.07 Å². The second-order valence-corrected chi connectivity index (χ2v) is 5.43. The van der Waals surface area contributed by atoms with Gasteiger partial charge in [0.25, 0.3) is 0 Å². The third-order valence-electron chi connectivity index (χ3n) is 1.59. The van der Waals surface area contributed by atoms with Crippen LogP contribution in [-0.2, 0) is 37.3 Å². The average molecular weight is 332 g/mol. The predicted octanol–water partition coefficient (Wildman–Crippen LogP) is -1.10. The van der Waals surface area contributed by atoms with E-state index in [9.17, 15) is 25.9 Å². The topological polar surface area (TPSA) is 155 Å². The van der Waals surface area contributed by atoms with Crippen LogP contribution in [0.4, 0.5) is 0 Å². The van der Waals surface area contributed by atoms with E-state index >= 15 is 0 Å². The molecule has 0 aromatic heterocycles. The first-order chi connectivity index (χ1) is 7.03. The Labute approximate surface area is 107 Å². The minimum Gasteiger partial charge on any atom is -0.744 e. The molecule has 1 aromatic rings. The smallest absolute Gasteiger partial charge is 0.744 e. The zero-order valence-corrected chi connectivity index (χ0v) is 10.2. The van der Waals surface area contributed by atoms with Gasteiger partial charge in [-0.15, -0.1) is 0 Å². The first kappa shape index (κ1) is 16.2. The van der Waals surface area contributed by atoms with Gasteiger partial charge in [0.15, 0.2) is 11.5 Å². The van der Waals surface area contributed by atoms with Crippen molar-refractivity contribution in [2.24, 2.45) is 0 Å². The molecule has 0 saturated heterocycles. The zero-order chi connectivity index (χ0) is 12.7. The molecule has 0 aliphatic rings. The van der Waals surface area contributed by atoms with E-state index in [1.165, 1.54) is 0 Å². The molecule has 0 atom stereocenters. The van der Waals surface area contributed by atoms with Crippen molar-refractivity contribution in [3.05, 3.63) is 12.1 Å². The maximum absolute atomic E-state index is 10.6. The molecule has 0 heterocycles. The first-order valence-electron chi connectivity index (χ1n) is 3.51. The van der Waals surface area contributed by atoms with Crippen LogP contribution in [0.15, 0.2) is 21.9 Å². The molecule has 11 heteroatoms. The van der Waals surface area contributed by atoms with Crippen molar-refractivity contribution in [1.29, 1.82) is 0 Å². The Hall–Kier alpha value is -0.841. The average Bonchev–Trinajstić information content (AvgIpc) is 2.05. The maximum Gasteiger partial charge on any atom is 2.00 e. The van der Waals surface area contributed by atoms with Crippen molar-refractivity contribution in [1.82, 2.24) is 0 Å². The molecule has 0 saturated carbocycles. The molecule has 99 valence electrons. The van der Waals surface area contributed by atoms with Crippen molar-refractivity contribution < 1.29 is 53.2 Å². The fraction of sp³-hybridized carbons (Fsp3) is 0. The van der Waals surface area contributed by atoms with Crippen molar-refractivity contribution >= 4 is 20.2 Å². The summed E-state index contributed by atoms with van der Waals surface area (Å²) in [6.07, 6.45) is 0. The predicted molar refractivity (Wildman–Crippen MR) is 45.7 cm³/mol. The summed E-state index contributed by atoms with van der Waals surface area (Å²) < 4.78 is 63.3. The fourth-order valence-corrected chi connectivity index (χ4v) is 2.11. The number of benzene rings is 1. The van der Waals surface area contributed by atoms with E-state index < -0.39 is 41.5 Å². The molecule has 2 N–H and O–H groups in total. The second-order valence-electron chi connectivity index (χ2n) is 2.70. The molecule has 1 radical (unpaired) electrons. The van der Waals surface area contributed by atoms with Gasteiger partial charge < -0.3 is 19.3 Å². The van der Waals surface area contributed by atoms with Crippen LogP contribution in [0.1, 0.15) is 0 Å². The van der Waals surface area contributed by atoms with Crippen molar-refractivity contribution in [3.8, 4) is 11.5 Å². The van der Waals surface area contributed by atoms with Crippen LogP contribution in [0.25, 0.3) is 0 Å². The van der Waals surface area contributed by atoms with E-state index in [0.29, 0.717) is 6.07 Å². The zero-order valence-electron chi connectivity index (χ0n) is 7.62. The number of phenolic OH excluding ortho intramolecular Hbond substituents is 2. The summed E-state index contributed by atoms with van der Waals surface area (Å²) >= 11 is 0. The maximum atomic E-state index is 10.6. The first-order valence-corrected chi connectivity index (χ1v) is 6.33. The van der Waals surface area contributed by atoms with Crippen molar-refractivity contribution in [2.75, 3.05) is 0 Å². The van der Waals surface area contributed by atoms with Gasteiger partial charge in [0.1, 0.15) is 25.1 Å². The van der Waals surface area contributed by atoms with E-state index in [0.717, 1.165) is 0 Å². The Kier molecular flexibility index (Phi) is 4.56. The third-order valence-corrected chi connectivity index (χ3v) is 3.25. The fourth-order valence-electron chi connectivity index (χ4n) is 0.903. The van der Waals surface area contributed by atoms with Crippen LogP contribution in [0.3, 0.4) is 0 Å². The molecular formula is C6H4CuO8S2. The van der Waals surface area contributed by atoms with Crippen LogP contribution >= 0.6 is 0 Å². The molecule has 0 spiro atoms. The molecule has 0 amide bonds. The quantitative estimate of drug-likeness (QED) is 0.393. The van der Waals surface area contributed by atoms with Gasteiger partial charge in [-0.1, -0.05) is 0 Å². The molecule has 1 aromatic carbocycles. The molecule has 0 fully saturated rings. The van der Waals surface area contributed by atoms with E-state index in [2.05, 4.69) is 0 Å². The molecular weight excluding hydrogens is 328 g/mol. The van der Waals surface area contributed by atoms with Gasteiger partial charge in [-0.2, -0.15) is 0 Å². The number of hydrogen-bond acceptors (Lipinski definition) is 8. The molecule has 0 bridgehead atoms. The molecule has 0 unspecified atom stereocenters. The summed E-state index contributed by atoms with van der Waals surface area (Å²) in [7, 11) is -10.3. The van der Waals surface area contributed by atoms with E-state index in [4.69, 9.17) is 10.2 Å². The van der Waals surface area contributed by atoms with Gasteiger partial charge in [-0.05, 0) is 6.07 Å². The summed E-state index contributed by atoms with van der Waals surface area (Å²) in [6, 6.07) is 0.520. The Morgan fingerprint density at radius 2 is 1.41 bits per heavy atom. The standard InChI is InChI=1S/C6H6O8S2.Cu/c7-4-1-3(15(9,10)11)2-5(6(4)8)16(12,13)14;/h1-2,7-8H,(H,9,10,11)(H,12,13,14);/q;+2/p-2. The Balaban J connectivity index is 0.00000256. The minimum atomic E-state index is -5.20. The number of rotatable bonds is 2. The third kappa shape index (κ3) is 3.56. The Morgan fingerprint density at radius 1 is 0.941 bits per heavy atom. The summed E-state index contributed by atoms with van der Waals surface area (Å²) in [5.41, 5.74) is 0. The van der Waals surface area contributed by atoms with Gasteiger partial charge in [0.2, 0.25) is 0 Å². The van der Waals surface area contributed by atoms with Gasteiger partial charge in [-0.3, -0.25) is 0 Å². The normalized spacial score (nSPS) is 11.9. The largest absolute Gasteiger partial charge is 2.00 e. The van der Waals surface area contributed by atoms with Crippen molar-refractivity contribution in [2.45, 2.75) is 9.79 Å². The Bertz CT molecular complexity index is 632. The summed E-state index contributed by atoms with van der Waals surface area (Å²) in [6.45, 7) is 0. The van der Waals surface area contributed by atoms with Crippen molar-refractivity contribution in [3.63, 3.8) is 0 Å². The van der Waals surface area contributed by atoms with Crippen LogP contribution in [-0.4, -0.2) is 36.2 Å². The van der Waals surface area contributed by atoms with Crippen LogP contribution < -0.4 is 0 Å². The van der Waals surface area contributed by atoms with Crippen LogP contribution in [0.2, 0.25) is 0 Å². The Morgan fingerprint density at radius 3 is 1.76 bits per heavy atom. The molecule has 8 nitrogen and oxygen atoms in total. The monoisotopic (exact) mass is 331 g/mol. The van der Waals surface area contributed by atoms with Gasteiger partial charge >= 0.3 is 17.1 Å². The number of hydrogen-bond donors (Lipinski definition) is 2. The second kappa shape index (κ2) is 4.80. The number of phenols is 2. The molecule has 0 aliphatic carbocycles. The summed E-state index contributed by atoms with van der Waals surface area (Å²) in [4.78, 5) is -2.50. The van der Waals surface area contributed by atoms with E-state index in [1.807, 2.05) is 0 Å². The van der Waals surface area contributed by atoms with Crippen LogP contribution in [0, 0.1) is 0 Å². The number of aromatic hydroxyl groups is 2. The van der Waals surface area contributed by atoms with Crippen LogP contribution in [0.5, 0.6) is 11.5 Å². The minimum absolute atomic E-state index is 0.